The second-order valence-corrected chi connectivity index (χ2v) is 6.82. The minimum atomic E-state index is -0.366. The van der Waals surface area contributed by atoms with Gasteiger partial charge in [0.1, 0.15) is 6.54 Å². The van der Waals surface area contributed by atoms with E-state index in [0.29, 0.717) is 29.0 Å². The van der Waals surface area contributed by atoms with Crippen molar-refractivity contribution in [1.29, 1.82) is 5.26 Å². The maximum Gasteiger partial charge on any atom is 0.258 e. The van der Waals surface area contributed by atoms with Crippen molar-refractivity contribution < 1.29 is 9.59 Å². The summed E-state index contributed by atoms with van der Waals surface area (Å²) in [4.78, 5) is 27.4. The Balaban J connectivity index is 1.85. The van der Waals surface area contributed by atoms with E-state index in [1.165, 1.54) is 4.90 Å². The fourth-order valence-corrected chi connectivity index (χ4v) is 3.04. The van der Waals surface area contributed by atoms with Crippen LogP contribution in [0.2, 0.25) is 0 Å². The van der Waals surface area contributed by atoms with E-state index in [-0.39, 0.29) is 18.4 Å². The van der Waals surface area contributed by atoms with Crippen LogP contribution < -0.4 is 16.0 Å². The Morgan fingerprint density at radius 1 is 1.03 bits per heavy atom. The summed E-state index contributed by atoms with van der Waals surface area (Å²) < 4.78 is 0. The fourth-order valence-electron chi connectivity index (χ4n) is 3.04. The first-order chi connectivity index (χ1) is 14.5. The van der Waals surface area contributed by atoms with E-state index < -0.39 is 0 Å². The van der Waals surface area contributed by atoms with Gasteiger partial charge in [-0.2, -0.15) is 5.26 Å². The molecule has 0 unspecified atom stereocenters. The van der Waals surface area contributed by atoms with Crippen molar-refractivity contribution in [2.75, 3.05) is 16.8 Å². The topological polar surface area (TPSA) is 99.2 Å². The Labute approximate surface area is 175 Å². The largest absolute Gasteiger partial charge is 0.326 e. The molecule has 0 aliphatic heterocycles. The molecule has 0 heterocycles. The van der Waals surface area contributed by atoms with Gasteiger partial charge in [-0.3, -0.25) is 14.5 Å². The highest BCUT2D eigenvalue weighted by Crippen LogP contribution is 2.19. The van der Waals surface area contributed by atoms with Gasteiger partial charge in [-0.15, -0.1) is 0 Å². The molecule has 6 nitrogen and oxygen atoms in total. The number of para-hydroxylation sites is 1. The Kier molecular flexibility index (Phi) is 6.58. The molecular formula is C24H22N4O2. The van der Waals surface area contributed by atoms with Crippen LogP contribution in [0.25, 0.3) is 0 Å². The normalized spacial score (nSPS) is 10.2. The number of carbonyl (C=O) groups excluding carboxylic acids is 2. The summed E-state index contributed by atoms with van der Waals surface area (Å²) in [5, 5.41) is 12.0. The number of nitrogens with two attached hydrogens (primary N) is 1. The molecule has 0 saturated carbocycles. The number of nitrogens with zero attached hydrogens (tertiary/aromatic N) is 2. The Morgan fingerprint density at radius 3 is 2.50 bits per heavy atom. The molecule has 2 amide bonds. The minimum Gasteiger partial charge on any atom is -0.326 e. The van der Waals surface area contributed by atoms with E-state index in [1.807, 2.05) is 31.2 Å². The summed E-state index contributed by atoms with van der Waals surface area (Å²) in [7, 11) is 0. The predicted octanol–water partition coefficient (Wildman–Crippen LogP) is 3.61. The van der Waals surface area contributed by atoms with E-state index >= 15 is 0 Å². The van der Waals surface area contributed by atoms with Gasteiger partial charge < -0.3 is 11.1 Å². The first kappa shape index (κ1) is 20.8. The molecule has 0 aromatic heterocycles. The molecule has 0 bridgehead atoms. The number of hydrogen-bond donors (Lipinski definition) is 2. The number of nitrogens with one attached hydrogen (secondary N) is 1. The van der Waals surface area contributed by atoms with Crippen molar-refractivity contribution in [2.45, 2.75) is 13.5 Å². The molecule has 0 aliphatic carbocycles. The standard InChI is InChI=1S/C24H22N4O2/c1-17-10-11-21(13-20(17)15-26)27-23(29)16-28(22-8-3-2-4-9-22)24(30)19-7-5-6-18(12-19)14-25/h2-13H,14,16,25H2,1H3,(H,27,29). The number of benzene rings is 3. The first-order valence-electron chi connectivity index (χ1n) is 9.48. The first-order valence-corrected chi connectivity index (χ1v) is 9.48. The number of amides is 2. The van der Waals surface area contributed by atoms with Crippen LogP contribution in [0.3, 0.4) is 0 Å². The van der Waals surface area contributed by atoms with Crippen LogP contribution in [0.1, 0.15) is 27.0 Å². The Bertz CT molecular complexity index is 1100. The van der Waals surface area contributed by atoms with Crippen molar-refractivity contribution in [3.8, 4) is 6.07 Å². The van der Waals surface area contributed by atoms with Crippen LogP contribution in [0, 0.1) is 18.3 Å². The van der Waals surface area contributed by atoms with Crippen molar-refractivity contribution in [3.05, 3.63) is 95.1 Å². The smallest absolute Gasteiger partial charge is 0.258 e. The second-order valence-electron chi connectivity index (χ2n) is 6.82. The Morgan fingerprint density at radius 2 is 1.80 bits per heavy atom. The molecule has 3 N–H and O–H groups in total. The van der Waals surface area contributed by atoms with Crippen LogP contribution in [0.5, 0.6) is 0 Å². The van der Waals surface area contributed by atoms with Gasteiger partial charge in [0.25, 0.3) is 5.91 Å². The van der Waals surface area contributed by atoms with Crippen LogP contribution in [0.4, 0.5) is 11.4 Å². The van der Waals surface area contributed by atoms with Gasteiger partial charge in [0.05, 0.1) is 11.6 Å². The van der Waals surface area contributed by atoms with E-state index in [2.05, 4.69) is 11.4 Å². The molecule has 0 radical (unpaired) electrons. The minimum absolute atomic E-state index is 0.175. The van der Waals surface area contributed by atoms with Crippen molar-refractivity contribution in [3.63, 3.8) is 0 Å². The average Bonchev–Trinajstić information content (AvgIpc) is 2.79. The predicted molar refractivity (Wildman–Crippen MR) is 117 cm³/mol. The summed E-state index contributed by atoms with van der Waals surface area (Å²) in [6.45, 7) is 1.97. The van der Waals surface area contributed by atoms with Gasteiger partial charge >= 0.3 is 0 Å². The Hall–Kier alpha value is -3.95. The lowest BCUT2D eigenvalue weighted by molar-refractivity contribution is -0.114. The third-order valence-corrected chi connectivity index (χ3v) is 4.67. The maximum atomic E-state index is 13.2. The average molecular weight is 398 g/mol. The lowest BCUT2D eigenvalue weighted by Gasteiger charge is -2.23. The zero-order valence-corrected chi connectivity index (χ0v) is 16.6. The molecule has 0 fully saturated rings. The molecule has 3 aromatic carbocycles. The molecule has 0 atom stereocenters. The van der Waals surface area contributed by atoms with Gasteiger partial charge in [-0.05, 0) is 54.4 Å². The summed E-state index contributed by atoms with van der Waals surface area (Å²) in [6.07, 6.45) is 0. The van der Waals surface area contributed by atoms with E-state index in [1.54, 1.807) is 48.5 Å². The molecule has 6 heteroatoms. The number of carbonyl (C=O) groups is 2. The number of hydrogen-bond acceptors (Lipinski definition) is 4. The van der Waals surface area contributed by atoms with Crippen LogP contribution in [-0.2, 0) is 11.3 Å². The zero-order valence-electron chi connectivity index (χ0n) is 16.6. The van der Waals surface area contributed by atoms with Crippen molar-refractivity contribution >= 4 is 23.2 Å². The maximum absolute atomic E-state index is 13.2. The van der Waals surface area contributed by atoms with Crippen molar-refractivity contribution in [2.24, 2.45) is 5.73 Å². The van der Waals surface area contributed by atoms with E-state index in [0.717, 1.165) is 11.1 Å². The third kappa shape index (κ3) is 4.90. The van der Waals surface area contributed by atoms with E-state index in [9.17, 15) is 14.9 Å². The van der Waals surface area contributed by atoms with Gasteiger partial charge in [0.2, 0.25) is 5.91 Å². The lowest BCUT2D eigenvalue weighted by atomic mass is 10.1. The second kappa shape index (κ2) is 9.50. The molecular weight excluding hydrogens is 376 g/mol. The number of rotatable bonds is 6. The molecule has 3 aromatic rings. The molecule has 150 valence electrons. The number of aryl methyl sites for hydroxylation is 1. The monoisotopic (exact) mass is 398 g/mol. The van der Waals surface area contributed by atoms with Crippen LogP contribution in [0.15, 0.2) is 72.8 Å². The molecule has 0 aliphatic rings. The van der Waals surface area contributed by atoms with E-state index in [4.69, 9.17) is 5.73 Å². The molecule has 3 rings (SSSR count). The lowest BCUT2D eigenvalue weighted by Crippen LogP contribution is -2.38. The zero-order chi connectivity index (χ0) is 21.5. The highest BCUT2D eigenvalue weighted by Gasteiger charge is 2.21. The van der Waals surface area contributed by atoms with Gasteiger partial charge in [0.15, 0.2) is 0 Å². The number of nitriles is 1. The molecule has 30 heavy (non-hydrogen) atoms. The van der Waals surface area contributed by atoms with Gasteiger partial charge in [-0.1, -0.05) is 36.4 Å². The molecule has 0 spiro atoms. The highest BCUT2D eigenvalue weighted by atomic mass is 16.2. The van der Waals surface area contributed by atoms with Crippen LogP contribution >= 0.6 is 0 Å². The summed E-state index contributed by atoms with van der Waals surface area (Å²) in [6, 6.07) is 23.3. The van der Waals surface area contributed by atoms with Gasteiger partial charge in [0, 0.05) is 23.5 Å². The fraction of sp³-hybridized carbons (Fsp3) is 0.125. The van der Waals surface area contributed by atoms with Crippen molar-refractivity contribution in [1.82, 2.24) is 0 Å². The quantitative estimate of drug-likeness (QED) is 0.662. The summed E-state index contributed by atoms with van der Waals surface area (Å²) >= 11 is 0. The number of anilines is 2. The summed E-state index contributed by atoms with van der Waals surface area (Å²) in [5.74, 6) is -0.664. The highest BCUT2D eigenvalue weighted by molar-refractivity contribution is 6.10. The summed E-state index contributed by atoms with van der Waals surface area (Å²) in [5.41, 5.74) is 9.42. The molecule has 0 saturated heterocycles. The van der Waals surface area contributed by atoms with Crippen LogP contribution in [-0.4, -0.2) is 18.4 Å². The SMILES string of the molecule is Cc1ccc(NC(=O)CN(C(=O)c2cccc(CN)c2)c2ccccc2)cc1C#N. The van der Waals surface area contributed by atoms with Gasteiger partial charge in [-0.25, -0.2) is 0 Å². The third-order valence-electron chi connectivity index (χ3n) is 4.67.